The maximum atomic E-state index is 12.5. The van der Waals surface area contributed by atoms with Crippen LogP contribution in [0.25, 0.3) is 0 Å². The van der Waals surface area contributed by atoms with E-state index in [1.807, 2.05) is 19.1 Å². The van der Waals surface area contributed by atoms with Crippen molar-refractivity contribution in [2.24, 2.45) is 5.41 Å². The van der Waals surface area contributed by atoms with Gasteiger partial charge in [0.15, 0.2) is 5.78 Å². The Balaban J connectivity index is 1.51. The van der Waals surface area contributed by atoms with Crippen LogP contribution in [-0.2, 0) is 16.0 Å². The fraction of sp³-hybridized carbons (Fsp3) is 0.469. The van der Waals surface area contributed by atoms with Gasteiger partial charge in [-0.2, -0.15) is 0 Å². The largest absolute Gasteiger partial charge is 0.462 e. The second kappa shape index (κ2) is 13.3. The summed E-state index contributed by atoms with van der Waals surface area (Å²) < 4.78 is 10.8. The highest BCUT2D eigenvalue weighted by Crippen LogP contribution is 2.40. The zero-order valence-electron chi connectivity index (χ0n) is 23.2. The summed E-state index contributed by atoms with van der Waals surface area (Å²) in [5.41, 5.74) is 6.01. The van der Waals surface area contributed by atoms with Crippen molar-refractivity contribution < 1.29 is 29.6 Å². The first kappa shape index (κ1) is 29.8. The molecule has 0 aromatic heterocycles. The summed E-state index contributed by atoms with van der Waals surface area (Å²) in [6.45, 7) is 10.7. The molecule has 6 heteroatoms. The summed E-state index contributed by atoms with van der Waals surface area (Å²) in [5.74, 6) is 0.421. The molecule has 1 fully saturated rings. The van der Waals surface area contributed by atoms with Crippen LogP contribution in [0, 0.1) is 5.41 Å². The van der Waals surface area contributed by atoms with Crippen molar-refractivity contribution >= 4 is 5.78 Å². The van der Waals surface area contributed by atoms with Crippen molar-refractivity contribution in [3.05, 3.63) is 88.6 Å². The number of benzene rings is 1. The van der Waals surface area contributed by atoms with Gasteiger partial charge in [-0.3, -0.25) is 4.79 Å². The average molecular weight is 523 g/mol. The Bertz CT molecular complexity index is 1120. The molecule has 4 atom stereocenters. The van der Waals surface area contributed by atoms with E-state index in [0.29, 0.717) is 5.75 Å². The molecule has 1 aliphatic heterocycles. The van der Waals surface area contributed by atoms with Crippen LogP contribution in [0.15, 0.2) is 83.0 Å². The first-order valence-corrected chi connectivity index (χ1v) is 13.3. The van der Waals surface area contributed by atoms with Gasteiger partial charge in [0.05, 0.1) is 6.61 Å². The molecule has 3 N–H and O–H groups in total. The number of carbonyl (C=O) groups is 1. The minimum atomic E-state index is -1.36. The maximum absolute atomic E-state index is 12.5. The normalized spacial score (nSPS) is 26.8. The van der Waals surface area contributed by atoms with Gasteiger partial charge in [0.25, 0.3) is 0 Å². The van der Waals surface area contributed by atoms with Crippen LogP contribution in [0.5, 0.6) is 5.75 Å². The van der Waals surface area contributed by atoms with E-state index in [0.717, 1.165) is 16.7 Å². The number of ether oxygens (including phenoxy) is 2. The maximum Gasteiger partial charge on any atom is 0.228 e. The monoisotopic (exact) mass is 522 g/mol. The molecule has 1 saturated heterocycles. The fourth-order valence-electron chi connectivity index (χ4n) is 4.89. The average Bonchev–Trinajstić information content (AvgIpc) is 2.84. The van der Waals surface area contributed by atoms with Crippen LogP contribution in [0.2, 0.25) is 0 Å². The Kier molecular flexibility index (Phi) is 10.5. The van der Waals surface area contributed by atoms with Crippen LogP contribution in [0.1, 0.15) is 59.4 Å². The van der Waals surface area contributed by atoms with Gasteiger partial charge in [-0.1, -0.05) is 67.5 Å². The Morgan fingerprint density at radius 2 is 1.79 bits per heavy atom. The van der Waals surface area contributed by atoms with Gasteiger partial charge in [-0.05, 0) is 80.4 Å². The molecule has 2 aliphatic rings. The second-order valence-electron chi connectivity index (χ2n) is 11.1. The third-order valence-electron chi connectivity index (χ3n) is 7.17. The van der Waals surface area contributed by atoms with Crippen molar-refractivity contribution in [3.63, 3.8) is 0 Å². The highest BCUT2D eigenvalue weighted by atomic mass is 16.7. The zero-order valence-corrected chi connectivity index (χ0v) is 23.2. The standard InChI is InChI=1S/C32H42O6/c1-21(11-16-27-23(3)10-7-17-32(27,4)5)8-6-9-22(2)18-25(33)19-24-12-14-26(15-13-24)38-31-30(36)29(35)28(34)20-37-31/h6,8-9,11-16,18,28-31,34-36H,7,10,17,19-20H2,1-5H3/b9-6+,16-11+,21-8+,22-18+. The van der Waals surface area contributed by atoms with E-state index in [2.05, 4.69) is 45.9 Å². The van der Waals surface area contributed by atoms with Crippen molar-refractivity contribution in [2.45, 2.75) is 84.9 Å². The van der Waals surface area contributed by atoms with Crippen LogP contribution in [-0.4, -0.2) is 52.3 Å². The first-order valence-electron chi connectivity index (χ1n) is 13.3. The Morgan fingerprint density at radius 1 is 1.08 bits per heavy atom. The number of carbonyl (C=O) groups excluding carboxylic acids is 1. The van der Waals surface area contributed by atoms with Crippen molar-refractivity contribution in [2.75, 3.05) is 6.61 Å². The topological polar surface area (TPSA) is 96.2 Å². The van der Waals surface area contributed by atoms with E-state index in [4.69, 9.17) is 9.47 Å². The van der Waals surface area contributed by atoms with Gasteiger partial charge < -0.3 is 24.8 Å². The predicted octanol–water partition coefficient (Wildman–Crippen LogP) is 5.15. The molecule has 3 rings (SSSR count). The van der Waals surface area contributed by atoms with E-state index in [9.17, 15) is 20.1 Å². The van der Waals surface area contributed by atoms with Gasteiger partial charge in [-0.15, -0.1) is 0 Å². The minimum Gasteiger partial charge on any atom is -0.462 e. The van der Waals surface area contributed by atoms with Crippen molar-refractivity contribution in [1.29, 1.82) is 0 Å². The van der Waals surface area contributed by atoms with Gasteiger partial charge in [0.2, 0.25) is 6.29 Å². The lowest BCUT2D eigenvalue weighted by Gasteiger charge is -2.34. The van der Waals surface area contributed by atoms with E-state index in [1.165, 1.54) is 30.4 Å². The third-order valence-corrected chi connectivity index (χ3v) is 7.17. The summed E-state index contributed by atoms with van der Waals surface area (Å²) in [4.78, 5) is 12.5. The number of aliphatic hydroxyl groups excluding tert-OH is 3. The number of hydrogen-bond acceptors (Lipinski definition) is 6. The molecular formula is C32H42O6. The summed E-state index contributed by atoms with van der Waals surface area (Å²) in [7, 11) is 0. The summed E-state index contributed by atoms with van der Waals surface area (Å²) in [5, 5.41) is 29.3. The van der Waals surface area contributed by atoms with Crippen LogP contribution in [0.4, 0.5) is 0 Å². The zero-order chi connectivity index (χ0) is 27.9. The summed E-state index contributed by atoms with van der Waals surface area (Å²) in [6.07, 6.45) is 11.0. The Hall–Kier alpha value is -2.77. The molecule has 206 valence electrons. The molecule has 0 amide bonds. The number of ketones is 1. The third kappa shape index (κ3) is 8.37. The molecule has 1 aromatic rings. The molecule has 38 heavy (non-hydrogen) atoms. The molecule has 0 radical (unpaired) electrons. The number of rotatable bonds is 9. The minimum absolute atomic E-state index is 0.00787. The van der Waals surface area contributed by atoms with E-state index in [-0.39, 0.29) is 24.2 Å². The Labute approximate surface area is 226 Å². The lowest BCUT2D eigenvalue weighted by atomic mass is 9.72. The molecule has 1 aromatic carbocycles. The molecular weight excluding hydrogens is 480 g/mol. The molecule has 1 aliphatic carbocycles. The van der Waals surface area contributed by atoms with Gasteiger partial charge in [0, 0.05) is 6.42 Å². The molecule has 6 nitrogen and oxygen atoms in total. The molecule has 0 bridgehead atoms. The predicted molar refractivity (Wildman–Crippen MR) is 150 cm³/mol. The fourth-order valence-corrected chi connectivity index (χ4v) is 4.89. The van der Waals surface area contributed by atoms with Gasteiger partial charge in [0.1, 0.15) is 24.1 Å². The highest BCUT2D eigenvalue weighted by molar-refractivity contribution is 5.92. The first-order chi connectivity index (χ1) is 18.0. The Morgan fingerprint density at radius 3 is 2.47 bits per heavy atom. The van der Waals surface area contributed by atoms with Gasteiger partial charge >= 0.3 is 0 Å². The summed E-state index contributed by atoms with van der Waals surface area (Å²) in [6, 6.07) is 6.91. The van der Waals surface area contributed by atoms with Crippen LogP contribution >= 0.6 is 0 Å². The quantitative estimate of drug-likeness (QED) is 0.307. The number of allylic oxidation sites excluding steroid dienone is 10. The summed E-state index contributed by atoms with van der Waals surface area (Å²) >= 11 is 0. The molecule has 0 spiro atoms. The molecule has 4 unspecified atom stereocenters. The van der Waals surface area contributed by atoms with Gasteiger partial charge in [-0.25, -0.2) is 0 Å². The number of aliphatic hydroxyl groups is 3. The molecule has 0 saturated carbocycles. The number of hydrogen-bond donors (Lipinski definition) is 3. The van der Waals surface area contributed by atoms with Crippen LogP contribution in [0.3, 0.4) is 0 Å². The lowest BCUT2D eigenvalue weighted by Crippen LogP contribution is -2.54. The lowest BCUT2D eigenvalue weighted by molar-refractivity contribution is -0.242. The van der Waals surface area contributed by atoms with Crippen molar-refractivity contribution in [3.8, 4) is 5.75 Å². The van der Waals surface area contributed by atoms with E-state index in [1.54, 1.807) is 30.3 Å². The molecule has 1 heterocycles. The second-order valence-corrected chi connectivity index (χ2v) is 11.1. The SMILES string of the molecule is CC1=C(/C=C/C(C)=C/C=C/C(C)=C/C(=O)Cc2ccc(OC3OCC(O)C(O)C3O)cc2)C(C)(C)CCC1. The highest BCUT2D eigenvalue weighted by Gasteiger charge is 2.39. The van der Waals surface area contributed by atoms with Crippen LogP contribution < -0.4 is 4.74 Å². The van der Waals surface area contributed by atoms with Crippen molar-refractivity contribution in [1.82, 2.24) is 0 Å². The van der Waals surface area contributed by atoms with E-state index >= 15 is 0 Å². The smallest absolute Gasteiger partial charge is 0.228 e. The van der Waals surface area contributed by atoms with E-state index < -0.39 is 24.6 Å².